The second kappa shape index (κ2) is 15.1. The molecule has 28 heavy (non-hydrogen) atoms. The summed E-state index contributed by atoms with van der Waals surface area (Å²) in [6, 6.07) is 0. The van der Waals surface area contributed by atoms with Crippen molar-refractivity contribution in [3.63, 3.8) is 0 Å². The van der Waals surface area contributed by atoms with Crippen molar-refractivity contribution in [1.82, 2.24) is 0 Å². The molecule has 2 unspecified atom stereocenters. The number of hydrogen-bond donors (Lipinski definition) is 2. The van der Waals surface area contributed by atoms with Crippen LogP contribution in [0, 0.1) is 5.92 Å². The van der Waals surface area contributed by atoms with Gasteiger partial charge in [-0.05, 0) is 82.4 Å². The highest BCUT2D eigenvalue weighted by Crippen LogP contribution is 2.36. The lowest BCUT2D eigenvalue weighted by atomic mass is 9.80. The highest BCUT2D eigenvalue weighted by atomic mass is 16.5. The Kier molecular flexibility index (Phi) is 15.2. The number of aliphatic carboxylic acids is 1. The van der Waals surface area contributed by atoms with Gasteiger partial charge in [0.05, 0.1) is 5.92 Å². The van der Waals surface area contributed by atoms with Gasteiger partial charge >= 0.3 is 5.97 Å². The Hall–Kier alpha value is -1.91. The van der Waals surface area contributed by atoms with Crippen molar-refractivity contribution in [2.75, 3.05) is 14.2 Å². The van der Waals surface area contributed by atoms with Crippen LogP contribution in [0.25, 0.3) is 0 Å². The molecule has 0 fully saturated rings. The first kappa shape index (κ1) is 28.3. The zero-order valence-corrected chi connectivity index (χ0v) is 19.3. The van der Waals surface area contributed by atoms with Gasteiger partial charge in [0.15, 0.2) is 0 Å². The van der Waals surface area contributed by atoms with Crippen LogP contribution in [0.2, 0.25) is 0 Å². The molecule has 0 amide bonds. The molecule has 3 N–H and O–H groups in total. The lowest BCUT2D eigenvalue weighted by Gasteiger charge is -2.30. The van der Waals surface area contributed by atoms with Crippen LogP contribution in [0.15, 0.2) is 58.2 Å². The normalized spacial score (nSPS) is 16.7. The highest BCUT2D eigenvalue weighted by Gasteiger charge is 2.28. The highest BCUT2D eigenvalue weighted by molar-refractivity contribution is 5.75. The number of hydrogen-bond acceptors (Lipinski definition) is 3. The summed E-state index contributed by atoms with van der Waals surface area (Å²) < 4.78 is 5.76. The Balaban J connectivity index is 0. The standard InChI is InChI=1S/C21H30O3.C2H6.CH5N/c1-8-9-10-18(17(6)21(22)23)16(5)20(24-7)19-12-11-13(2)14(3)15(19)4;2*1-2/h8-10,17,20H,5,11-12H2,1-4,6-7H3,(H,22,23);1-2H3;2H2,1H3/b9-8-,18-10+;;. The van der Waals surface area contributed by atoms with Gasteiger partial charge in [-0.25, -0.2) is 0 Å². The lowest BCUT2D eigenvalue weighted by Crippen LogP contribution is -2.25. The van der Waals surface area contributed by atoms with E-state index in [-0.39, 0.29) is 6.10 Å². The molecular weight excluding hydrogens is 350 g/mol. The van der Waals surface area contributed by atoms with E-state index in [1.165, 1.54) is 29.3 Å². The number of ether oxygens (including phenoxy) is 1. The van der Waals surface area contributed by atoms with E-state index in [0.29, 0.717) is 5.57 Å². The molecule has 4 nitrogen and oxygen atoms in total. The first-order valence-electron chi connectivity index (χ1n) is 9.97. The zero-order chi connectivity index (χ0) is 22.4. The summed E-state index contributed by atoms with van der Waals surface area (Å²) in [5.41, 5.74) is 11.1. The molecule has 0 saturated carbocycles. The maximum absolute atomic E-state index is 11.5. The molecule has 0 bridgehead atoms. The van der Waals surface area contributed by atoms with Crippen LogP contribution in [0.5, 0.6) is 0 Å². The van der Waals surface area contributed by atoms with Gasteiger partial charge in [0.25, 0.3) is 0 Å². The van der Waals surface area contributed by atoms with E-state index in [2.05, 4.69) is 33.1 Å². The van der Waals surface area contributed by atoms with Crippen LogP contribution in [0.1, 0.15) is 61.3 Å². The van der Waals surface area contributed by atoms with Crippen molar-refractivity contribution in [3.8, 4) is 0 Å². The SMILES string of the molecule is C=C(/C(=C\C=C/C)C(C)C(=O)O)C(OC)C1=C(C)C(C)=C(C)CC1.CC.CN. The molecule has 0 spiro atoms. The minimum Gasteiger partial charge on any atom is -0.481 e. The number of allylic oxidation sites excluding steroid dienone is 6. The van der Waals surface area contributed by atoms with Gasteiger partial charge in [-0.15, -0.1) is 0 Å². The van der Waals surface area contributed by atoms with E-state index in [1.807, 2.05) is 39.0 Å². The van der Waals surface area contributed by atoms with Crippen molar-refractivity contribution in [2.24, 2.45) is 11.7 Å². The largest absolute Gasteiger partial charge is 0.481 e. The van der Waals surface area contributed by atoms with E-state index in [0.717, 1.165) is 18.4 Å². The summed E-state index contributed by atoms with van der Waals surface area (Å²) >= 11 is 0. The zero-order valence-electron chi connectivity index (χ0n) is 19.3. The van der Waals surface area contributed by atoms with Crippen molar-refractivity contribution in [3.05, 3.63) is 58.2 Å². The Labute approximate surface area is 172 Å². The predicted molar refractivity (Wildman–Crippen MR) is 121 cm³/mol. The van der Waals surface area contributed by atoms with E-state index in [9.17, 15) is 9.90 Å². The van der Waals surface area contributed by atoms with E-state index >= 15 is 0 Å². The maximum atomic E-state index is 11.5. The average molecular weight is 392 g/mol. The Morgan fingerprint density at radius 2 is 1.71 bits per heavy atom. The number of methoxy groups -OCH3 is 1. The van der Waals surface area contributed by atoms with Crippen LogP contribution in [-0.4, -0.2) is 31.3 Å². The molecule has 1 aliphatic carbocycles. The first-order valence-corrected chi connectivity index (χ1v) is 9.97. The Morgan fingerprint density at radius 1 is 1.18 bits per heavy atom. The summed E-state index contributed by atoms with van der Waals surface area (Å²) in [6.07, 6.45) is 7.21. The first-order chi connectivity index (χ1) is 13.3. The number of rotatable bonds is 7. The van der Waals surface area contributed by atoms with Crippen LogP contribution >= 0.6 is 0 Å². The van der Waals surface area contributed by atoms with Crippen molar-refractivity contribution >= 4 is 5.97 Å². The van der Waals surface area contributed by atoms with E-state index in [1.54, 1.807) is 14.0 Å². The van der Waals surface area contributed by atoms with Gasteiger partial charge in [-0.2, -0.15) is 0 Å². The second-order valence-electron chi connectivity index (χ2n) is 6.40. The molecule has 1 aliphatic rings. The molecule has 0 aromatic rings. The fraction of sp³-hybridized carbons (Fsp3) is 0.542. The summed E-state index contributed by atoms with van der Waals surface area (Å²) in [6.45, 7) is 18.2. The maximum Gasteiger partial charge on any atom is 0.310 e. The van der Waals surface area contributed by atoms with E-state index in [4.69, 9.17) is 4.74 Å². The predicted octanol–water partition coefficient (Wildman–Crippen LogP) is 5.83. The van der Waals surface area contributed by atoms with Crippen LogP contribution in [-0.2, 0) is 9.53 Å². The molecule has 2 atom stereocenters. The second-order valence-corrected chi connectivity index (χ2v) is 6.40. The molecule has 1 rings (SSSR count). The number of carboxylic acid groups (broad SMARTS) is 1. The molecule has 0 heterocycles. The molecule has 0 aromatic heterocycles. The monoisotopic (exact) mass is 391 g/mol. The molecule has 0 aromatic carbocycles. The van der Waals surface area contributed by atoms with Gasteiger partial charge in [-0.3, -0.25) is 4.79 Å². The van der Waals surface area contributed by atoms with Gasteiger partial charge in [0.2, 0.25) is 0 Å². The van der Waals surface area contributed by atoms with Crippen molar-refractivity contribution < 1.29 is 14.6 Å². The van der Waals surface area contributed by atoms with Crippen LogP contribution < -0.4 is 5.73 Å². The van der Waals surface area contributed by atoms with Crippen molar-refractivity contribution in [2.45, 2.75) is 67.4 Å². The summed E-state index contributed by atoms with van der Waals surface area (Å²) in [4.78, 5) is 11.5. The summed E-state index contributed by atoms with van der Waals surface area (Å²) in [7, 11) is 3.16. The third kappa shape index (κ3) is 7.61. The fourth-order valence-electron chi connectivity index (χ4n) is 3.09. The number of carboxylic acids is 1. The van der Waals surface area contributed by atoms with Crippen molar-refractivity contribution in [1.29, 1.82) is 0 Å². The Bertz CT molecular complexity index is 636. The summed E-state index contributed by atoms with van der Waals surface area (Å²) in [5, 5.41) is 9.43. The third-order valence-corrected chi connectivity index (χ3v) is 5.00. The molecule has 4 heteroatoms. The Morgan fingerprint density at radius 3 is 2.14 bits per heavy atom. The molecular formula is C24H41NO3. The quantitative estimate of drug-likeness (QED) is 0.536. The fourth-order valence-corrected chi connectivity index (χ4v) is 3.09. The molecule has 0 aliphatic heterocycles. The van der Waals surface area contributed by atoms with E-state index < -0.39 is 11.9 Å². The van der Waals surface area contributed by atoms with Gasteiger partial charge in [0.1, 0.15) is 6.10 Å². The lowest BCUT2D eigenvalue weighted by molar-refractivity contribution is -0.139. The smallest absolute Gasteiger partial charge is 0.310 e. The minimum atomic E-state index is -0.858. The average Bonchev–Trinajstić information content (AvgIpc) is 2.71. The topological polar surface area (TPSA) is 72.5 Å². The molecule has 0 radical (unpaired) electrons. The number of carbonyl (C=O) groups is 1. The minimum absolute atomic E-state index is 0.286. The molecule has 0 saturated heterocycles. The third-order valence-electron chi connectivity index (χ3n) is 5.00. The number of nitrogens with two attached hydrogens (primary N) is 1. The van der Waals surface area contributed by atoms with Crippen LogP contribution in [0.3, 0.4) is 0 Å². The van der Waals surface area contributed by atoms with Gasteiger partial charge in [-0.1, -0.05) is 44.2 Å². The summed E-state index contributed by atoms with van der Waals surface area (Å²) in [5.74, 6) is -1.49. The van der Waals surface area contributed by atoms with Crippen LogP contribution in [0.4, 0.5) is 0 Å². The molecule has 160 valence electrons. The van der Waals surface area contributed by atoms with Gasteiger partial charge in [0, 0.05) is 7.11 Å². The van der Waals surface area contributed by atoms with Gasteiger partial charge < -0.3 is 15.6 Å².